The van der Waals surface area contributed by atoms with Crippen LogP contribution in [-0.4, -0.2) is 155 Å². The van der Waals surface area contributed by atoms with Crippen LogP contribution in [0.1, 0.15) is 59.2 Å². The molecule has 22 heteroatoms. The number of rotatable bonds is 14. The smallest absolute Gasteiger partial charge is 0.262 e. The minimum Gasteiger partial charge on any atom is -0.494 e. The maximum atomic E-state index is 16.6. The molecule has 1 unspecified atom stereocenters. The predicted octanol–water partition coefficient (Wildman–Crippen LogP) is 8.19. The Morgan fingerprint density at radius 2 is 1.49 bits per heavy atom. The number of nitrogens with one attached hydrogen (secondary N) is 3. The number of nitrogens with zero attached hydrogens (tertiary/aromatic N) is 9. The summed E-state index contributed by atoms with van der Waals surface area (Å²) in [5.74, 6) is -1.97. The van der Waals surface area contributed by atoms with Gasteiger partial charge in [0.1, 0.15) is 36.2 Å². The van der Waals surface area contributed by atoms with Gasteiger partial charge >= 0.3 is 0 Å². The highest BCUT2D eigenvalue weighted by Crippen LogP contribution is 2.44. The molecule has 7 heterocycles. The van der Waals surface area contributed by atoms with E-state index in [0.29, 0.717) is 44.7 Å². The van der Waals surface area contributed by atoms with Gasteiger partial charge in [-0.15, -0.1) is 0 Å². The molecule has 2 aromatic heterocycles. The molecule has 6 aromatic rings. The SMILES string of the molecule is COc1cc(N2CCC(N3CCN(CC4(F)CCN(c5cc6c(cc5F)C(=O)N(C5CCC(=O)NC5=O)C6=O)CC4)CC3)CC2)c(-c2cnn(C)c2)cc1Nc1ncc(Br)c(Nc2ccc(-c3ccccc3)cc2P(C)(C)=O)n1. The number of imide groups is 2. The molecule has 3 N–H and O–H groups in total. The minimum absolute atomic E-state index is 0.000259. The number of piperazine rings is 1. The molecule has 0 saturated carbocycles. The lowest BCUT2D eigenvalue weighted by atomic mass is 9.91. The number of piperidine rings is 3. The third-order valence-electron chi connectivity index (χ3n) is 16.0. The first-order chi connectivity index (χ1) is 37.9. The van der Waals surface area contributed by atoms with Crippen molar-refractivity contribution < 1.29 is 37.3 Å². The number of amides is 4. The molecule has 4 aromatic carbocycles. The summed E-state index contributed by atoms with van der Waals surface area (Å²) in [6.07, 6.45) is 7.73. The zero-order valence-electron chi connectivity index (χ0n) is 44.5. The van der Waals surface area contributed by atoms with E-state index in [0.717, 1.165) is 91.0 Å². The third-order valence-corrected chi connectivity index (χ3v) is 18.1. The Balaban J connectivity index is 0.710. The number of aryl methyl sites for hydroxylation is 1. The van der Waals surface area contributed by atoms with Gasteiger partial charge in [0.2, 0.25) is 17.8 Å². The summed E-state index contributed by atoms with van der Waals surface area (Å²) < 4.78 is 54.4. The van der Waals surface area contributed by atoms with E-state index in [1.165, 1.54) is 6.07 Å². The van der Waals surface area contributed by atoms with Crippen molar-refractivity contribution in [3.05, 3.63) is 113 Å². The molecule has 5 aliphatic heterocycles. The number of carbonyl (C=O) groups excluding carboxylic acids is 4. The van der Waals surface area contributed by atoms with Gasteiger partial charge in [0, 0.05) is 132 Å². The van der Waals surface area contributed by atoms with E-state index in [1.54, 1.807) is 36.2 Å². The quantitative estimate of drug-likeness (QED) is 0.0699. The van der Waals surface area contributed by atoms with Crippen molar-refractivity contribution in [1.82, 2.24) is 39.8 Å². The summed E-state index contributed by atoms with van der Waals surface area (Å²) in [5, 5.41) is 14.2. The Morgan fingerprint density at radius 1 is 0.785 bits per heavy atom. The van der Waals surface area contributed by atoms with Crippen molar-refractivity contribution in [2.24, 2.45) is 7.05 Å². The fraction of sp³-hybridized carbons (Fsp3) is 0.386. The highest BCUT2D eigenvalue weighted by Gasteiger charge is 2.46. The van der Waals surface area contributed by atoms with Crippen LogP contribution in [0.3, 0.4) is 0 Å². The molecule has 5 aliphatic rings. The number of halogens is 3. The molecule has 412 valence electrons. The van der Waals surface area contributed by atoms with Crippen LogP contribution < -0.4 is 35.8 Å². The molecule has 0 spiro atoms. The number of fused-ring (bicyclic) bond motifs is 1. The Hall–Kier alpha value is -7.06. The Bertz CT molecular complexity index is 3410. The number of alkyl halides is 1. The lowest BCUT2D eigenvalue weighted by Crippen LogP contribution is -2.56. The van der Waals surface area contributed by atoms with Gasteiger partial charge in [-0.3, -0.25) is 43.9 Å². The largest absolute Gasteiger partial charge is 0.494 e. The zero-order valence-corrected chi connectivity index (χ0v) is 47.0. The zero-order chi connectivity index (χ0) is 55.3. The number of benzene rings is 4. The maximum absolute atomic E-state index is 16.6. The summed E-state index contributed by atoms with van der Waals surface area (Å²) >= 11 is 3.63. The van der Waals surface area contributed by atoms with Gasteiger partial charge in [0.15, 0.2) is 0 Å². The summed E-state index contributed by atoms with van der Waals surface area (Å²) in [6.45, 7) is 8.98. The molecular weight excluding hydrogens is 1100 g/mol. The van der Waals surface area contributed by atoms with Gasteiger partial charge in [0.25, 0.3) is 11.8 Å². The average Bonchev–Trinajstić information content (AvgIpc) is 4.24. The van der Waals surface area contributed by atoms with E-state index < -0.39 is 48.3 Å². The molecule has 4 amide bonds. The van der Waals surface area contributed by atoms with Gasteiger partial charge < -0.3 is 29.7 Å². The summed E-state index contributed by atoms with van der Waals surface area (Å²) in [5.41, 5.74) is 4.79. The predicted molar refractivity (Wildman–Crippen MR) is 304 cm³/mol. The summed E-state index contributed by atoms with van der Waals surface area (Å²) in [4.78, 5) is 70.1. The van der Waals surface area contributed by atoms with Crippen LogP contribution >= 0.6 is 23.1 Å². The van der Waals surface area contributed by atoms with Gasteiger partial charge in [-0.25, -0.2) is 13.8 Å². The first-order valence-electron chi connectivity index (χ1n) is 26.6. The third kappa shape index (κ3) is 11.1. The molecular formula is C57H62BrF2N12O6P. The van der Waals surface area contributed by atoms with Crippen LogP contribution in [0.5, 0.6) is 5.75 Å². The second kappa shape index (κ2) is 21.9. The maximum Gasteiger partial charge on any atom is 0.262 e. The van der Waals surface area contributed by atoms with E-state index in [9.17, 15) is 23.7 Å². The first kappa shape index (κ1) is 53.9. The van der Waals surface area contributed by atoms with Gasteiger partial charge in [-0.2, -0.15) is 10.1 Å². The molecule has 79 heavy (non-hydrogen) atoms. The van der Waals surface area contributed by atoms with Crippen molar-refractivity contribution in [3.63, 3.8) is 0 Å². The van der Waals surface area contributed by atoms with E-state index in [4.69, 9.17) is 9.72 Å². The van der Waals surface area contributed by atoms with Crippen molar-refractivity contribution in [2.45, 2.75) is 56.3 Å². The van der Waals surface area contributed by atoms with Crippen molar-refractivity contribution in [2.75, 3.05) is 99.8 Å². The first-order valence-corrected chi connectivity index (χ1v) is 30.0. The monoisotopic (exact) mass is 1160 g/mol. The second-order valence-corrected chi connectivity index (χ2v) is 25.6. The van der Waals surface area contributed by atoms with Gasteiger partial charge in [-0.1, -0.05) is 36.4 Å². The molecule has 0 radical (unpaired) electrons. The molecule has 1 atom stereocenters. The number of anilines is 6. The van der Waals surface area contributed by atoms with Crippen molar-refractivity contribution in [3.8, 4) is 28.0 Å². The van der Waals surface area contributed by atoms with Gasteiger partial charge in [-0.05, 0) is 90.0 Å². The van der Waals surface area contributed by atoms with E-state index in [-0.39, 0.29) is 62.1 Å². The summed E-state index contributed by atoms with van der Waals surface area (Å²) in [6, 6.07) is 21.6. The number of hydrogen-bond acceptors (Lipinski definition) is 15. The van der Waals surface area contributed by atoms with Crippen LogP contribution in [0.25, 0.3) is 22.3 Å². The molecule has 0 aliphatic carbocycles. The van der Waals surface area contributed by atoms with Crippen molar-refractivity contribution >= 4 is 86.5 Å². The Labute approximate surface area is 465 Å². The number of aromatic nitrogens is 4. The highest BCUT2D eigenvalue weighted by atomic mass is 79.9. The average molecular weight is 1160 g/mol. The normalized spacial score (nSPS) is 19.4. The molecule has 18 nitrogen and oxygen atoms in total. The fourth-order valence-corrected chi connectivity index (χ4v) is 13.2. The van der Waals surface area contributed by atoms with Gasteiger partial charge in [0.05, 0.1) is 46.0 Å². The van der Waals surface area contributed by atoms with Crippen LogP contribution in [0.2, 0.25) is 0 Å². The Kier molecular flexibility index (Phi) is 14.9. The molecule has 4 saturated heterocycles. The van der Waals surface area contributed by atoms with Crippen molar-refractivity contribution in [1.29, 1.82) is 0 Å². The second-order valence-electron chi connectivity index (χ2n) is 21.5. The van der Waals surface area contributed by atoms with Crippen LogP contribution in [0.15, 0.2) is 95.9 Å². The number of carbonyl (C=O) groups is 4. The van der Waals surface area contributed by atoms with Crippen LogP contribution in [0.4, 0.5) is 43.3 Å². The molecule has 4 fully saturated rings. The molecule has 0 bridgehead atoms. The van der Waals surface area contributed by atoms with E-state index >= 15 is 8.78 Å². The van der Waals surface area contributed by atoms with Crippen LogP contribution in [0, 0.1) is 5.82 Å². The summed E-state index contributed by atoms with van der Waals surface area (Å²) in [7, 11) is 0.805. The number of ether oxygens (including phenoxy) is 1. The lowest BCUT2D eigenvalue weighted by Gasteiger charge is -2.45. The number of hydrogen-bond donors (Lipinski definition) is 3. The standard InChI is InChI=1S/C57H62BrF2N12O6P/c1-67-33-37(31-62-67)39-28-45(64-56-61-32-42(58)52(66-56)63-44-11-10-36(26-50(44)79(3,4)77)35-8-6-5-7-9-35)49(78-2)30-47(39)70-18-14-38(15-19-70)69-24-22-68(23-25-69)34-57(60)16-20-71(21-17-57)48-29-41-40(27-43(48)59)54(75)72(55(41)76)46-12-13-51(73)65-53(46)74/h5-11,26-33,38,46H,12-25,34H2,1-4H3,(H,65,73,74)(H2,61,63,64,66). The lowest BCUT2D eigenvalue weighted by molar-refractivity contribution is -0.136. The van der Waals surface area contributed by atoms with E-state index in [1.807, 2.05) is 68.0 Å². The van der Waals surface area contributed by atoms with E-state index in [2.05, 4.69) is 68.8 Å². The molecule has 11 rings (SSSR count). The Morgan fingerprint density at radius 3 is 2.16 bits per heavy atom. The minimum atomic E-state index is -2.73. The number of methoxy groups -OCH3 is 1. The van der Waals surface area contributed by atoms with Crippen LogP contribution in [-0.2, 0) is 21.2 Å². The fourth-order valence-electron chi connectivity index (χ4n) is 11.7. The highest BCUT2D eigenvalue weighted by molar-refractivity contribution is 9.10. The topological polar surface area (TPSA) is 190 Å².